The molecule has 4 rings (SSSR count). The van der Waals surface area contributed by atoms with Crippen LogP contribution in [0.15, 0.2) is 24.7 Å². The summed E-state index contributed by atoms with van der Waals surface area (Å²) in [6.45, 7) is 1.75. The summed E-state index contributed by atoms with van der Waals surface area (Å²) in [5, 5.41) is 0. The number of hydrogen-bond donors (Lipinski definition) is 1. The topological polar surface area (TPSA) is 122 Å². The van der Waals surface area contributed by atoms with Crippen LogP contribution in [0.2, 0.25) is 0 Å². The van der Waals surface area contributed by atoms with Gasteiger partial charge in [0.1, 0.15) is 11.4 Å². The van der Waals surface area contributed by atoms with Gasteiger partial charge in [0, 0.05) is 36.6 Å². The largest absolute Gasteiger partial charge is 0.491 e. The van der Waals surface area contributed by atoms with Gasteiger partial charge in [-0.3, -0.25) is 14.6 Å². The number of hydrogen-bond acceptors (Lipinski definition) is 5. The third-order valence-corrected chi connectivity index (χ3v) is 5.87. The Kier molecular flexibility index (Phi) is 6.34. The van der Waals surface area contributed by atoms with Gasteiger partial charge in [-0.25, -0.2) is 0 Å². The number of ketones is 1. The highest BCUT2D eigenvalue weighted by molar-refractivity contribution is 6.09. The molecule has 156 valence electrons. The van der Waals surface area contributed by atoms with E-state index in [4.69, 9.17) is 10.5 Å². The molecule has 8 heteroatoms. The molecular weight excluding hydrogens is 372 g/mol. The Labute approximate surface area is 170 Å². The second-order valence-electron chi connectivity index (χ2n) is 7.63. The van der Waals surface area contributed by atoms with Gasteiger partial charge in [0.25, 0.3) is 5.91 Å². The first-order chi connectivity index (χ1) is 13.6. The molecule has 1 saturated heterocycles. The molecule has 0 spiro atoms. The highest BCUT2D eigenvalue weighted by Gasteiger charge is 2.29. The van der Waals surface area contributed by atoms with E-state index in [1.807, 2.05) is 10.6 Å². The molecule has 8 nitrogen and oxygen atoms in total. The fraction of sp³-hybridized carbons (Fsp3) is 0.476. The van der Waals surface area contributed by atoms with Crippen molar-refractivity contribution in [3.63, 3.8) is 0 Å². The number of carbonyl (C=O) groups is 2. The van der Waals surface area contributed by atoms with Crippen molar-refractivity contribution in [2.24, 2.45) is 5.73 Å². The molecule has 0 aromatic carbocycles. The summed E-state index contributed by atoms with van der Waals surface area (Å²) in [4.78, 5) is 30.9. The van der Waals surface area contributed by atoms with Crippen LogP contribution in [0.3, 0.4) is 0 Å². The lowest BCUT2D eigenvalue weighted by atomic mass is 9.93. The maximum Gasteiger partial charge on any atom is 0.251 e. The second-order valence-corrected chi connectivity index (χ2v) is 7.63. The average Bonchev–Trinajstić information content (AvgIpc) is 3.27. The molecular formula is C21H28N4O4. The van der Waals surface area contributed by atoms with Gasteiger partial charge in [0.15, 0.2) is 5.78 Å². The van der Waals surface area contributed by atoms with Gasteiger partial charge >= 0.3 is 0 Å². The highest BCUT2D eigenvalue weighted by atomic mass is 16.5. The number of rotatable bonds is 6. The first-order valence-electron chi connectivity index (χ1n) is 9.91. The van der Waals surface area contributed by atoms with E-state index in [0.717, 1.165) is 37.2 Å². The van der Waals surface area contributed by atoms with E-state index >= 15 is 0 Å². The monoisotopic (exact) mass is 400 g/mol. The molecule has 0 radical (unpaired) electrons. The lowest BCUT2D eigenvalue weighted by molar-refractivity contribution is 0.0950. The Bertz CT molecular complexity index is 908. The van der Waals surface area contributed by atoms with Crippen LogP contribution in [0.1, 0.15) is 58.5 Å². The van der Waals surface area contributed by atoms with Crippen LogP contribution in [0, 0.1) is 0 Å². The van der Waals surface area contributed by atoms with Crippen molar-refractivity contribution < 1.29 is 19.8 Å². The summed E-state index contributed by atoms with van der Waals surface area (Å²) < 4.78 is 7.96. The first-order valence-corrected chi connectivity index (χ1v) is 9.91. The third-order valence-electron chi connectivity index (χ3n) is 5.87. The number of fused-ring (bicyclic) bond motifs is 1. The fourth-order valence-electron chi connectivity index (χ4n) is 4.37. The number of carbonyl (C=O) groups excluding carboxylic acids is 2. The van der Waals surface area contributed by atoms with Crippen molar-refractivity contribution in [1.29, 1.82) is 0 Å². The van der Waals surface area contributed by atoms with E-state index in [-0.39, 0.29) is 16.8 Å². The van der Waals surface area contributed by atoms with Crippen molar-refractivity contribution in [2.45, 2.75) is 44.6 Å². The number of amides is 1. The molecule has 2 aliphatic rings. The van der Waals surface area contributed by atoms with Crippen LogP contribution in [0.5, 0.6) is 5.75 Å². The number of nitrogens with two attached hydrogens (primary N) is 1. The van der Waals surface area contributed by atoms with E-state index < -0.39 is 5.91 Å². The molecule has 1 fully saturated rings. The van der Waals surface area contributed by atoms with Crippen LogP contribution in [-0.2, 0) is 6.42 Å². The third kappa shape index (κ3) is 4.04. The quantitative estimate of drug-likeness (QED) is 0.788. The predicted octanol–water partition coefficient (Wildman–Crippen LogP) is 1.53. The van der Waals surface area contributed by atoms with Gasteiger partial charge in [-0.1, -0.05) is 0 Å². The molecule has 4 N–H and O–H groups in total. The van der Waals surface area contributed by atoms with E-state index in [1.165, 1.54) is 12.8 Å². The molecule has 1 unspecified atom stereocenters. The standard InChI is InChI=1S/C21H26N4O3.H2O/c1-24-10-3-4-14(24)8-11-28-19-7-9-23-12-17(19)25-13-15(21(22)27)20-16(25)5-2-6-18(20)26;/h7,9,12-14H,2-6,8,10-11H2,1H3,(H2,22,27);1H2. The SMILES string of the molecule is CN1CCCC1CCOc1ccncc1-n1cc(C(N)=O)c2c1CCCC2=O.O. The maximum absolute atomic E-state index is 12.4. The summed E-state index contributed by atoms with van der Waals surface area (Å²) in [6, 6.07) is 2.39. The molecule has 1 aliphatic carbocycles. The van der Waals surface area contributed by atoms with Gasteiger partial charge in [-0.2, -0.15) is 0 Å². The summed E-state index contributed by atoms with van der Waals surface area (Å²) in [5.41, 5.74) is 7.83. The summed E-state index contributed by atoms with van der Waals surface area (Å²) >= 11 is 0. The van der Waals surface area contributed by atoms with Gasteiger partial charge < -0.3 is 25.4 Å². The van der Waals surface area contributed by atoms with E-state index in [1.54, 1.807) is 18.6 Å². The van der Waals surface area contributed by atoms with Gasteiger partial charge in [0.05, 0.1) is 23.9 Å². The molecule has 2 aromatic heterocycles. The van der Waals surface area contributed by atoms with Crippen molar-refractivity contribution in [3.8, 4) is 11.4 Å². The number of likely N-dealkylation sites (tertiary alicyclic amines) is 1. The Morgan fingerprint density at radius 3 is 2.90 bits per heavy atom. The predicted molar refractivity (Wildman–Crippen MR) is 109 cm³/mol. The highest BCUT2D eigenvalue weighted by Crippen LogP contribution is 2.32. The number of aromatic nitrogens is 2. The summed E-state index contributed by atoms with van der Waals surface area (Å²) in [5.74, 6) is 0.0906. The molecule has 0 saturated carbocycles. The lowest BCUT2D eigenvalue weighted by Crippen LogP contribution is -2.26. The second kappa shape index (κ2) is 8.75. The normalized spacial score (nSPS) is 18.9. The van der Waals surface area contributed by atoms with Gasteiger partial charge in [0.2, 0.25) is 0 Å². The fourth-order valence-corrected chi connectivity index (χ4v) is 4.37. The minimum Gasteiger partial charge on any atom is -0.491 e. The van der Waals surface area contributed by atoms with Crippen molar-refractivity contribution in [3.05, 3.63) is 41.5 Å². The number of Topliss-reactive ketones (excluding diaryl/α,β-unsaturated/α-hetero) is 1. The zero-order valence-corrected chi connectivity index (χ0v) is 16.7. The van der Waals surface area contributed by atoms with E-state index in [0.29, 0.717) is 30.4 Å². The Balaban J connectivity index is 0.00000240. The van der Waals surface area contributed by atoms with E-state index in [2.05, 4.69) is 16.9 Å². The van der Waals surface area contributed by atoms with Crippen molar-refractivity contribution in [2.75, 3.05) is 20.2 Å². The molecule has 1 aliphatic heterocycles. The average molecular weight is 400 g/mol. The summed E-state index contributed by atoms with van der Waals surface area (Å²) in [6.07, 6.45) is 10.4. The first kappa shape index (κ1) is 21.0. The number of ether oxygens (including phenoxy) is 1. The summed E-state index contributed by atoms with van der Waals surface area (Å²) in [7, 11) is 2.16. The van der Waals surface area contributed by atoms with Crippen LogP contribution in [0.4, 0.5) is 0 Å². The number of primary amides is 1. The van der Waals surface area contributed by atoms with Crippen LogP contribution in [0.25, 0.3) is 5.69 Å². The molecule has 3 heterocycles. The maximum atomic E-state index is 12.4. The minimum atomic E-state index is -0.583. The Morgan fingerprint density at radius 1 is 1.34 bits per heavy atom. The van der Waals surface area contributed by atoms with Gasteiger partial charge in [-0.05, 0) is 45.7 Å². The lowest BCUT2D eigenvalue weighted by Gasteiger charge is -2.20. The van der Waals surface area contributed by atoms with Gasteiger partial charge in [-0.15, -0.1) is 0 Å². The van der Waals surface area contributed by atoms with Crippen molar-refractivity contribution in [1.82, 2.24) is 14.5 Å². The number of nitrogens with zero attached hydrogens (tertiary/aromatic N) is 3. The zero-order chi connectivity index (χ0) is 19.7. The smallest absolute Gasteiger partial charge is 0.251 e. The molecule has 1 atom stereocenters. The molecule has 2 aromatic rings. The number of pyridine rings is 1. The zero-order valence-electron chi connectivity index (χ0n) is 16.7. The minimum absolute atomic E-state index is 0. The van der Waals surface area contributed by atoms with E-state index in [9.17, 15) is 9.59 Å². The van der Waals surface area contributed by atoms with Crippen LogP contribution < -0.4 is 10.5 Å². The Hall–Kier alpha value is -2.71. The van der Waals surface area contributed by atoms with Crippen molar-refractivity contribution >= 4 is 11.7 Å². The molecule has 1 amide bonds. The van der Waals surface area contributed by atoms with Crippen LogP contribution >= 0.6 is 0 Å². The Morgan fingerprint density at radius 2 is 2.17 bits per heavy atom. The molecule has 0 bridgehead atoms. The van der Waals surface area contributed by atoms with Crippen LogP contribution in [-0.4, -0.2) is 57.9 Å². The molecule has 29 heavy (non-hydrogen) atoms.